The lowest BCUT2D eigenvalue weighted by atomic mass is 10.0. The van der Waals surface area contributed by atoms with E-state index in [1.165, 1.54) is 29.4 Å². The molecule has 4 heteroatoms. The molecule has 20 heavy (non-hydrogen) atoms. The van der Waals surface area contributed by atoms with Crippen LogP contribution in [0.5, 0.6) is 0 Å². The molecule has 0 aliphatic rings. The molecule has 3 nitrogen and oxygen atoms in total. The number of hydrogen-bond acceptors (Lipinski definition) is 3. The van der Waals surface area contributed by atoms with Crippen LogP contribution in [0, 0.1) is 6.92 Å². The Labute approximate surface area is 121 Å². The lowest BCUT2D eigenvalue weighted by Crippen LogP contribution is -2.04. The zero-order valence-corrected chi connectivity index (χ0v) is 12.1. The Morgan fingerprint density at radius 1 is 1.10 bits per heavy atom. The van der Waals surface area contributed by atoms with Gasteiger partial charge in [-0.3, -0.25) is 4.79 Å². The van der Waals surface area contributed by atoms with Gasteiger partial charge in [0, 0.05) is 6.92 Å². The van der Waals surface area contributed by atoms with E-state index in [1.807, 2.05) is 6.07 Å². The molecule has 1 aromatic heterocycles. The molecule has 0 unspecified atom stereocenters. The van der Waals surface area contributed by atoms with Gasteiger partial charge in [0.1, 0.15) is 0 Å². The summed E-state index contributed by atoms with van der Waals surface area (Å²) in [6.45, 7) is 3.57. The van der Waals surface area contributed by atoms with E-state index in [2.05, 4.69) is 53.6 Å². The molecule has 3 rings (SSSR count). The summed E-state index contributed by atoms with van der Waals surface area (Å²) in [4.78, 5) is 15.5. The normalized spacial score (nSPS) is 10.7. The summed E-state index contributed by atoms with van der Waals surface area (Å²) in [6, 6.07) is 14.6. The molecule has 0 saturated carbocycles. The largest absolute Gasteiger partial charge is 0.302 e. The molecule has 1 amide bonds. The zero-order chi connectivity index (χ0) is 14.1. The minimum Gasteiger partial charge on any atom is -0.302 e. The maximum absolute atomic E-state index is 11.1. The van der Waals surface area contributed by atoms with Gasteiger partial charge in [-0.1, -0.05) is 47.2 Å². The lowest BCUT2D eigenvalue weighted by Gasteiger charge is -2.01. The molecule has 0 saturated heterocycles. The van der Waals surface area contributed by atoms with Gasteiger partial charge in [-0.05, 0) is 30.2 Å². The molecule has 0 bridgehead atoms. The van der Waals surface area contributed by atoms with Crippen LogP contribution in [0.3, 0.4) is 0 Å². The molecule has 0 fully saturated rings. The highest BCUT2D eigenvalue weighted by Crippen LogP contribution is 2.30. The Morgan fingerprint density at radius 3 is 2.50 bits per heavy atom. The highest BCUT2D eigenvalue weighted by molar-refractivity contribution is 7.22. The number of carbonyl (C=O) groups is 1. The van der Waals surface area contributed by atoms with Crippen LogP contribution in [0.2, 0.25) is 0 Å². The number of aromatic nitrogens is 1. The van der Waals surface area contributed by atoms with E-state index in [4.69, 9.17) is 0 Å². The van der Waals surface area contributed by atoms with Crippen molar-refractivity contribution in [1.29, 1.82) is 0 Å². The van der Waals surface area contributed by atoms with Gasteiger partial charge >= 0.3 is 0 Å². The molecule has 3 aromatic rings. The van der Waals surface area contributed by atoms with Crippen molar-refractivity contribution in [3.05, 3.63) is 48.0 Å². The quantitative estimate of drug-likeness (QED) is 0.764. The van der Waals surface area contributed by atoms with Crippen molar-refractivity contribution in [2.24, 2.45) is 0 Å². The summed E-state index contributed by atoms with van der Waals surface area (Å²) in [5, 5.41) is 3.38. The minimum atomic E-state index is -0.0946. The van der Waals surface area contributed by atoms with Gasteiger partial charge in [0.15, 0.2) is 5.13 Å². The van der Waals surface area contributed by atoms with Crippen molar-refractivity contribution in [2.45, 2.75) is 13.8 Å². The van der Waals surface area contributed by atoms with E-state index in [1.54, 1.807) is 0 Å². The van der Waals surface area contributed by atoms with Crippen molar-refractivity contribution in [2.75, 3.05) is 5.32 Å². The van der Waals surface area contributed by atoms with Gasteiger partial charge in [0.25, 0.3) is 0 Å². The molecule has 1 heterocycles. The Hall–Kier alpha value is -2.20. The first-order valence-electron chi connectivity index (χ1n) is 6.37. The van der Waals surface area contributed by atoms with E-state index in [-0.39, 0.29) is 5.91 Å². The monoisotopic (exact) mass is 282 g/mol. The van der Waals surface area contributed by atoms with Crippen LogP contribution in [0.25, 0.3) is 21.3 Å². The number of carbonyl (C=O) groups excluding carboxylic acids is 1. The van der Waals surface area contributed by atoms with Crippen LogP contribution >= 0.6 is 11.3 Å². The van der Waals surface area contributed by atoms with Gasteiger partial charge < -0.3 is 5.32 Å². The first-order chi connectivity index (χ1) is 9.61. The molecule has 1 N–H and O–H groups in total. The van der Waals surface area contributed by atoms with E-state index < -0.39 is 0 Å². The lowest BCUT2D eigenvalue weighted by molar-refractivity contribution is -0.114. The van der Waals surface area contributed by atoms with Gasteiger partial charge in [0.2, 0.25) is 5.91 Å². The first-order valence-corrected chi connectivity index (χ1v) is 7.19. The molecule has 0 atom stereocenters. The minimum absolute atomic E-state index is 0.0946. The van der Waals surface area contributed by atoms with Crippen molar-refractivity contribution in [1.82, 2.24) is 4.98 Å². The van der Waals surface area contributed by atoms with Gasteiger partial charge in [-0.15, -0.1) is 0 Å². The van der Waals surface area contributed by atoms with Crippen LogP contribution < -0.4 is 5.32 Å². The number of rotatable bonds is 2. The van der Waals surface area contributed by atoms with Crippen molar-refractivity contribution >= 4 is 32.6 Å². The fourth-order valence-corrected chi connectivity index (χ4v) is 2.95. The molecule has 0 aliphatic carbocycles. The number of amides is 1. The van der Waals surface area contributed by atoms with Crippen LogP contribution in [0.4, 0.5) is 5.13 Å². The van der Waals surface area contributed by atoms with E-state index in [0.29, 0.717) is 5.13 Å². The first kappa shape index (κ1) is 12.8. The van der Waals surface area contributed by atoms with Crippen molar-refractivity contribution in [3.63, 3.8) is 0 Å². The average Bonchev–Trinajstić information content (AvgIpc) is 2.79. The zero-order valence-electron chi connectivity index (χ0n) is 11.3. The van der Waals surface area contributed by atoms with Crippen LogP contribution in [0.1, 0.15) is 12.5 Å². The third-order valence-electron chi connectivity index (χ3n) is 3.06. The number of hydrogen-bond donors (Lipinski definition) is 1. The van der Waals surface area contributed by atoms with Gasteiger partial charge in [-0.2, -0.15) is 0 Å². The van der Waals surface area contributed by atoms with Crippen LogP contribution in [-0.4, -0.2) is 10.9 Å². The number of anilines is 1. The third-order valence-corrected chi connectivity index (χ3v) is 4.01. The standard InChI is InChI=1S/C16H14N2OS/c1-10-3-5-12(6-4-10)13-7-8-15-14(9-13)18-16(20-15)17-11(2)19/h3-9H,1-2H3,(H,17,18,19). The second kappa shape index (κ2) is 5.06. The molecular weight excluding hydrogens is 268 g/mol. The number of nitrogens with zero attached hydrogens (tertiary/aromatic N) is 1. The number of thiazole rings is 1. The summed E-state index contributed by atoms with van der Waals surface area (Å²) in [5.74, 6) is -0.0946. The molecule has 0 radical (unpaired) electrons. The van der Waals surface area contributed by atoms with E-state index >= 15 is 0 Å². The fraction of sp³-hybridized carbons (Fsp3) is 0.125. The predicted molar refractivity (Wildman–Crippen MR) is 84.1 cm³/mol. The highest BCUT2D eigenvalue weighted by Gasteiger charge is 2.06. The smallest absolute Gasteiger partial charge is 0.223 e. The Morgan fingerprint density at radius 2 is 1.80 bits per heavy atom. The molecule has 0 aliphatic heterocycles. The molecule has 2 aromatic carbocycles. The Bertz CT molecular complexity index is 775. The Kier molecular flexibility index (Phi) is 3.24. The molecular formula is C16H14N2OS. The number of fused-ring (bicyclic) bond motifs is 1. The number of aryl methyl sites for hydroxylation is 1. The second-order valence-corrected chi connectivity index (χ2v) is 5.78. The summed E-state index contributed by atoms with van der Waals surface area (Å²) >= 11 is 1.49. The van der Waals surface area contributed by atoms with Crippen molar-refractivity contribution < 1.29 is 4.79 Å². The fourth-order valence-electron chi connectivity index (χ4n) is 2.06. The second-order valence-electron chi connectivity index (χ2n) is 4.75. The number of nitrogens with one attached hydrogen (secondary N) is 1. The van der Waals surface area contributed by atoms with Gasteiger partial charge in [-0.25, -0.2) is 4.98 Å². The van der Waals surface area contributed by atoms with Crippen molar-refractivity contribution in [3.8, 4) is 11.1 Å². The highest BCUT2D eigenvalue weighted by atomic mass is 32.1. The summed E-state index contributed by atoms with van der Waals surface area (Å²) in [6.07, 6.45) is 0. The average molecular weight is 282 g/mol. The summed E-state index contributed by atoms with van der Waals surface area (Å²) < 4.78 is 1.07. The van der Waals surface area contributed by atoms with Crippen LogP contribution in [-0.2, 0) is 4.79 Å². The van der Waals surface area contributed by atoms with E-state index in [9.17, 15) is 4.79 Å². The summed E-state index contributed by atoms with van der Waals surface area (Å²) in [7, 11) is 0. The number of benzene rings is 2. The molecule has 100 valence electrons. The van der Waals surface area contributed by atoms with E-state index in [0.717, 1.165) is 15.8 Å². The predicted octanol–water partition coefficient (Wildman–Crippen LogP) is 4.23. The summed E-state index contributed by atoms with van der Waals surface area (Å²) in [5.41, 5.74) is 4.47. The van der Waals surface area contributed by atoms with Crippen LogP contribution in [0.15, 0.2) is 42.5 Å². The maximum atomic E-state index is 11.1. The third kappa shape index (κ3) is 2.56. The van der Waals surface area contributed by atoms with Gasteiger partial charge in [0.05, 0.1) is 10.2 Å². The topological polar surface area (TPSA) is 42.0 Å². The maximum Gasteiger partial charge on any atom is 0.223 e. The SMILES string of the molecule is CC(=O)Nc1nc2cc(-c3ccc(C)cc3)ccc2s1. The molecule has 0 spiro atoms. The Balaban J connectivity index is 2.01.